The number of carbonyl (C=O) groups excluding carboxylic acids is 1. The lowest BCUT2D eigenvalue weighted by Gasteiger charge is -2.27. The highest BCUT2D eigenvalue weighted by Crippen LogP contribution is 2.30. The maximum atomic E-state index is 13.0. The molecular formula is C27H29NO7. The quantitative estimate of drug-likeness (QED) is 0.315. The van der Waals surface area contributed by atoms with Crippen molar-refractivity contribution in [3.8, 4) is 5.75 Å². The average molecular weight is 480 g/mol. The number of nitrogens with one attached hydrogen (secondary N) is 1. The zero-order chi connectivity index (χ0) is 25.0. The van der Waals surface area contributed by atoms with E-state index in [1.807, 2.05) is 36.4 Å². The summed E-state index contributed by atoms with van der Waals surface area (Å²) < 4.78 is 17.0. The van der Waals surface area contributed by atoms with Gasteiger partial charge in [0.25, 0.3) is 0 Å². The third kappa shape index (κ3) is 7.56. The highest BCUT2D eigenvalue weighted by molar-refractivity contribution is 6.00. The number of hydrogen-bond donors (Lipinski definition) is 3. The maximum absolute atomic E-state index is 13.0. The van der Waals surface area contributed by atoms with Gasteiger partial charge in [0.05, 0.1) is 18.4 Å². The van der Waals surface area contributed by atoms with Crippen molar-refractivity contribution in [1.29, 1.82) is 0 Å². The van der Waals surface area contributed by atoms with Crippen LogP contribution in [-0.2, 0) is 14.3 Å². The molecule has 8 nitrogen and oxygen atoms in total. The molecule has 2 atom stereocenters. The number of ether oxygens (including phenoxy) is 3. The predicted octanol–water partition coefficient (Wildman–Crippen LogP) is 4.94. The molecule has 184 valence electrons. The first-order chi connectivity index (χ1) is 17.0. The second-order valence-corrected chi connectivity index (χ2v) is 7.71. The molecule has 35 heavy (non-hydrogen) atoms. The third-order valence-electron chi connectivity index (χ3n) is 5.33. The first kappa shape index (κ1) is 25.7. The number of fused-ring (bicyclic) bond motifs is 1. The summed E-state index contributed by atoms with van der Waals surface area (Å²) in [5.41, 5.74) is 1.26. The summed E-state index contributed by atoms with van der Waals surface area (Å²) in [7, 11) is 1.51. The van der Waals surface area contributed by atoms with Crippen LogP contribution in [0.15, 0.2) is 78.9 Å². The highest BCUT2D eigenvalue weighted by atomic mass is 16.6. The van der Waals surface area contributed by atoms with Crippen LogP contribution in [-0.4, -0.2) is 48.7 Å². The summed E-state index contributed by atoms with van der Waals surface area (Å²) in [5, 5.41) is 22.6. The Balaban J connectivity index is 1.83. The molecule has 0 saturated heterocycles. The number of aliphatic hydroxyl groups is 1. The minimum atomic E-state index is -1.03. The Kier molecular flexibility index (Phi) is 9.65. The lowest BCUT2D eigenvalue weighted by atomic mass is 10.00. The van der Waals surface area contributed by atoms with E-state index in [1.54, 1.807) is 30.3 Å². The van der Waals surface area contributed by atoms with Crippen molar-refractivity contribution in [2.75, 3.05) is 25.6 Å². The number of aliphatic carboxylic acids is 1. The fourth-order valence-electron chi connectivity index (χ4n) is 3.73. The van der Waals surface area contributed by atoms with E-state index in [-0.39, 0.29) is 13.2 Å². The van der Waals surface area contributed by atoms with Crippen molar-refractivity contribution in [3.63, 3.8) is 0 Å². The number of rotatable bonds is 12. The molecule has 0 spiro atoms. The maximum Gasteiger partial charge on any atom is 0.412 e. The van der Waals surface area contributed by atoms with Crippen LogP contribution in [0.2, 0.25) is 0 Å². The zero-order valence-electron chi connectivity index (χ0n) is 19.4. The van der Waals surface area contributed by atoms with Crippen molar-refractivity contribution in [2.45, 2.75) is 25.0 Å². The Morgan fingerprint density at radius 1 is 1.06 bits per heavy atom. The van der Waals surface area contributed by atoms with Gasteiger partial charge >= 0.3 is 12.1 Å². The largest absolute Gasteiger partial charge is 0.491 e. The van der Waals surface area contributed by atoms with Crippen LogP contribution < -0.4 is 10.1 Å². The van der Waals surface area contributed by atoms with E-state index in [4.69, 9.17) is 24.4 Å². The fourth-order valence-corrected chi connectivity index (χ4v) is 3.73. The Labute approximate surface area is 203 Å². The summed E-state index contributed by atoms with van der Waals surface area (Å²) in [6.07, 6.45) is 1.41. The minimum absolute atomic E-state index is 0.129. The average Bonchev–Trinajstić information content (AvgIpc) is 2.87. The molecule has 0 aromatic heterocycles. The monoisotopic (exact) mass is 479 g/mol. The van der Waals surface area contributed by atoms with Crippen molar-refractivity contribution in [3.05, 3.63) is 84.4 Å². The van der Waals surface area contributed by atoms with Crippen LogP contribution in [0, 0.1) is 0 Å². The first-order valence-corrected chi connectivity index (χ1v) is 11.2. The number of hydrogen-bond acceptors (Lipinski definition) is 6. The van der Waals surface area contributed by atoms with Crippen LogP contribution in [0.25, 0.3) is 10.8 Å². The summed E-state index contributed by atoms with van der Waals surface area (Å²) >= 11 is 0. The lowest BCUT2D eigenvalue weighted by Crippen LogP contribution is -2.28. The highest BCUT2D eigenvalue weighted by Gasteiger charge is 2.27. The fraction of sp³-hybridized carbons (Fsp3) is 0.259. The van der Waals surface area contributed by atoms with Crippen LogP contribution in [0.3, 0.4) is 0 Å². The topological polar surface area (TPSA) is 114 Å². The molecule has 0 bridgehead atoms. The van der Waals surface area contributed by atoms with E-state index in [0.717, 1.165) is 16.8 Å². The van der Waals surface area contributed by atoms with Gasteiger partial charge < -0.3 is 24.4 Å². The smallest absolute Gasteiger partial charge is 0.412 e. The number of amides is 1. The molecule has 0 saturated carbocycles. The normalized spacial score (nSPS) is 12.9. The molecular weight excluding hydrogens is 450 g/mol. The number of aliphatic hydroxyl groups excluding tert-OH is 1. The summed E-state index contributed by atoms with van der Waals surface area (Å²) in [5.74, 6) is -0.518. The molecule has 3 aromatic rings. The molecule has 0 radical (unpaired) electrons. The predicted molar refractivity (Wildman–Crippen MR) is 133 cm³/mol. The van der Waals surface area contributed by atoms with Crippen LogP contribution in [0.4, 0.5) is 10.5 Å². The number of benzene rings is 3. The number of allylic oxidation sites excluding steroid dienone is 1. The van der Waals surface area contributed by atoms with Crippen LogP contribution in [0.5, 0.6) is 5.75 Å². The van der Waals surface area contributed by atoms with E-state index in [0.29, 0.717) is 29.8 Å². The Bertz CT molecular complexity index is 1160. The number of carbonyl (C=O) groups is 2. The molecule has 8 heteroatoms. The van der Waals surface area contributed by atoms with E-state index >= 15 is 0 Å². The van der Waals surface area contributed by atoms with Gasteiger partial charge in [0.1, 0.15) is 12.4 Å². The summed E-state index contributed by atoms with van der Waals surface area (Å²) in [4.78, 5) is 23.8. The van der Waals surface area contributed by atoms with Gasteiger partial charge in [-0.25, -0.2) is 9.59 Å². The van der Waals surface area contributed by atoms with Gasteiger partial charge in [0.2, 0.25) is 0 Å². The second-order valence-electron chi connectivity index (χ2n) is 7.71. The number of carboxylic acid groups (broad SMARTS) is 1. The van der Waals surface area contributed by atoms with Gasteiger partial charge in [-0.15, -0.1) is 0 Å². The molecule has 3 aromatic carbocycles. The summed E-state index contributed by atoms with van der Waals surface area (Å²) in [6, 6.07) is 20.3. The molecule has 3 N–H and O–H groups in total. The Hall–Kier alpha value is -3.88. The molecule has 0 fully saturated rings. The van der Waals surface area contributed by atoms with Gasteiger partial charge in [-0.05, 0) is 42.0 Å². The minimum Gasteiger partial charge on any atom is -0.491 e. The van der Waals surface area contributed by atoms with Crippen LogP contribution >= 0.6 is 0 Å². The lowest BCUT2D eigenvalue weighted by molar-refractivity contribution is -0.131. The third-order valence-corrected chi connectivity index (χ3v) is 5.33. The SMILES string of the molecule is CO[C@@H](CC/C=C/C(=O)O)[C@@H](OC(=O)Nc1cccc2ccccc12)c1cccc(OCCO)c1. The molecule has 0 aliphatic carbocycles. The molecule has 0 aliphatic rings. The van der Waals surface area contributed by atoms with E-state index in [9.17, 15) is 9.59 Å². The number of carboxylic acids is 1. The molecule has 0 unspecified atom stereocenters. The van der Waals surface area contributed by atoms with E-state index < -0.39 is 24.3 Å². The van der Waals surface area contributed by atoms with Gasteiger partial charge in [-0.1, -0.05) is 54.6 Å². The Morgan fingerprint density at radius 3 is 2.60 bits per heavy atom. The first-order valence-electron chi connectivity index (χ1n) is 11.2. The van der Waals surface area contributed by atoms with Crippen LogP contribution in [0.1, 0.15) is 24.5 Å². The number of methoxy groups -OCH3 is 1. The molecule has 0 heterocycles. The second kappa shape index (κ2) is 13.1. The zero-order valence-corrected chi connectivity index (χ0v) is 19.4. The van der Waals surface area contributed by atoms with Crippen molar-refractivity contribution in [2.24, 2.45) is 0 Å². The van der Waals surface area contributed by atoms with Crippen molar-refractivity contribution in [1.82, 2.24) is 0 Å². The van der Waals surface area contributed by atoms with Crippen molar-refractivity contribution < 1.29 is 34.0 Å². The Morgan fingerprint density at radius 2 is 1.83 bits per heavy atom. The van der Waals surface area contributed by atoms with Gasteiger partial charge in [0.15, 0.2) is 6.10 Å². The molecule has 0 aliphatic heterocycles. The van der Waals surface area contributed by atoms with Crippen molar-refractivity contribution >= 4 is 28.5 Å². The van der Waals surface area contributed by atoms with E-state index in [2.05, 4.69) is 5.32 Å². The summed E-state index contributed by atoms with van der Waals surface area (Å²) in [6.45, 7) is -0.00155. The molecule has 3 rings (SSSR count). The molecule has 1 amide bonds. The standard InChI is InChI=1S/C27H29NO7/c1-33-24(14-4-5-15-25(30)31)26(20-10-6-11-21(18-20)34-17-16-29)35-27(32)28-23-13-7-9-19-8-2-3-12-22(19)23/h2-3,5-13,15,18,24,26,29H,4,14,16-17H2,1H3,(H,28,32)(H,30,31)/b15-5+/t24-,26-/m0/s1. The van der Waals surface area contributed by atoms with Gasteiger partial charge in [0, 0.05) is 18.6 Å². The van der Waals surface area contributed by atoms with Gasteiger partial charge in [-0.3, -0.25) is 5.32 Å². The van der Waals surface area contributed by atoms with Gasteiger partial charge in [-0.2, -0.15) is 0 Å². The van der Waals surface area contributed by atoms with E-state index in [1.165, 1.54) is 13.2 Å². The number of anilines is 1.